The fourth-order valence-electron chi connectivity index (χ4n) is 4.88. The fraction of sp³-hybridized carbons (Fsp3) is 0.348. The Kier molecular flexibility index (Phi) is 4.64. The first kappa shape index (κ1) is 20.4. The molecule has 3 aromatic heterocycles. The molecule has 1 aromatic carbocycles. The van der Waals surface area contributed by atoms with Gasteiger partial charge in [0.05, 0.1) is 47.0 Å². The molecule has 4 aromatic rings. The first-order valence-corrected chi connectivity index (χ1v) is 11.5. The number of hydrogen-bond acceptors (Lipinski definition) is 8. The molecule has 3 aliphatic rings. The van der Waals surface area contributed by atoms with Gasteiger partial charge in [-0.05, 0) is 18.2 Å². The first-order chi connectivity index (χ1) is 16.6. The molecule has 3 aliphatic heterocycles. The van der Waals surface area contributed by atoms with Gasteiger partial charge in [0.1, 0.15) is 18.3 Å². The Balaban J connectivity index is 1.15. The van der Waals surface area contributed by atoms with Crippen LogP contribution in [0.2, 0.25) is 5.02 Å². The Morgan fingerprint density at radius 2 is 1.94 bits per heavy atom. The van der Waals surface area contributed by atoms with Crippen molar-refractivity contribution < 1.29 is 19.3 Å². The van der Waals surface area contributed by atoms with E-state index >= 15 is 0 Å². The second-order valence-electron chi connectivity index (χ2n) is 8.73. The van der Waals surface area contributed by atoms with Crippen molar-refractivity contribution in [3.63, 3.8) is 0 Å². The highest BCUT2D eigenvalue weighted by Gasteiger charge is 2.48. The van der Waals surface area contributed by atoms with Gasteiger partial charge in [0.25, 0.3) is 6.01 Å². The number of nitrogens with one attached hydrogen (secondary N) is 2. The SMILES string of the molecule is O[C@@H]1CO[C@H]2[C@@H]1OC[C@H]2Oc1nc2nc(-c3ccc(-n4ncc5c4CNC5)cc3)c(Cl)cc2[nH]1. The van der Waals surface area contributed by atoms with E-state index in [1.807, 2.05) is 35.1 Å². The van der Waals surface area contributed by atoms with E-state index in [0.717, 1.165) is 24.3 Å². The zero-order valence-corrected chi connectivity index (χ0v) is 18.7. The van der Waals surface area contributed by atoms with Crippen LogP contribution in [-0.2, 0) is 22.6 Å². The van der Waals surface area contributed by atoms with Gasteiger partial charge in [-0.25, -0.2) is 9.67 Å². The molecule has 2 saturated heterocycles. The molecule has 34 heavy (non-hydrogen) atoms. The minimum absolute atomic E-state index is 0.244. The largest absolute Gasteiger partial charge is 0.456 e. The van der Waals surface area contributed by atoms with Crippen molar-refractivity contribution in [2.75, 3.05) is 13.2 Å². The Morgan fingerprint density at radius 1 is 1.09 bits per heavy atom. The van der Waals surface area contributed by atoms with Crippen LogP contribution >= 0.6 is 11.6 Å². The molecule has 0 bridgehead atoms. The molecule has 3 N–H and O–H groups in total. The van der Waals surface area contributed by atoms with Crippen molar-refractivity contribution in [3.8, 4) is 23.0 Å². The van der Waals surface area contributed by atoms with Crippen LogP contribution in [0, 0.1) is 0 Å². The lowest BCUT2D eigenvalue weighted by Crippen LogP contribution is -2.34. The summed E-state index contributed by atoms with van der Waals surface area (Å²) in [5.41, 5.74) is 6.08. The quantitative estimate of drug-likeness (QED) is 0.405. The van der Waals surface area contributed by atoms with Crippen molar-refractivity contribution in [2.24, 2.45) is 0 Å². The van der Waals surface area contributed by atoms with Gasteiger partial charge in [0.2, 0.25) is 0 Å². The number of ether oxygens (including phenoxy) is 3. The summed E-state index contributed by atoms with van der Waals surface area (Å²) in [6.45, 7) is 2.23. The number of rotatable bonds is 4. The number of aliphatic hydroxyl groups is 1. The summed E-state index contributed by atoms with van der Waals surface area (Å²) in [5, 5.41) is 18.3. The van der Waals surface area contributed by atoms with Crippen molar-refractivity contribution in [1.82, 2.24) is 30.0 Å². The number of pyridine rings is 1. The third-order valence-corrected chi connectivity index (χ3v) is 6.89. The number of nitrogens with zero attached hydrogens (tertiary/aromatic N) is 4. The Morgan fingerprint density at radius 3 is 2.82 bits per heavy atom. The maximum atomic E-state index is 9.92. The Hall–Kier alpha value is -3.02. The van der Waals surface area contributed by atoms with E-state index in [2.05, 4.69) is 25.4 Å². The van der Waals surface area contributed by atoms with Gasteiger partial charge in [-0.2, -0.15) is 10.1 Å². The van der Waals surface area contributed by atoms with E-state index in [1.54, 1.807) is 6.07 Å². The van der Waals surface area contributed by atoms with E-state index in [0.29, 0.717) is 34.5 Å². The average Bonchev–Trinajstić information content (AvgIpc) is 3.63. The second kappa shape index (κ2) is 7.76. The lowest BCUT2D eigenvalue weighted by atomic mass is 10.1. The molecule has 0 saturated carbocycles. The minimum Gasteiger partial charge on any atom is -0.456 e. The molecule has 11 heteroatoms. The summed E-state index contributed by atoms with van der Waals surface area (Å²) in [6.07, 6.45) is 0.237. The van der Waals surface area contributed by atoms with E-state index in [4.69, 9.17) is 25.8 Å². The van der Waals surface area contributed by atoms with Crippen LogP contribution in [0.25, 0.3) is 28.1 Å². The molecular formula is C23H21ClN6O4. The van der Waals surface area contributed by atoms with Gasteiger partial charge in [0.15, 0.2) is 11.8 Å². The normalized spacial score (nSPS) is 25.7. The summed E-state index contributed by atoms with van der Waals surface area (Å²) in [6, 6.07) is 10.1. The molecule has 2 fully saturated rings. The number of benzene rings is 1. The fourth-order valence-corrected chi connectivity index (χ4v) is 5.15. The lowest BCUT2D eigenvalue weighted by molar-refractivity contribution is 0.00706. The smallest absolute Gasteiger partial charge is 0.296 e. The average molecular weight is 481 g/mol. The van der Waals surface area contributed by atoms with E-state index in [1.165, 1.54) is 11.3 Å². The highest BCUT2D eigenvalue weighted by Crippen LogP contribution is 2.32. The number of aliphatic hydroxyl groups excluding tert-OH is 1. The number of H-pyrrole nitrogens is 1. The maximum Gasteiger partial charge on any atom is 0.296 e. The topological polar surface area (TPSA) is 119 Å². The van der Waals surface area contributed by atoms with Gasteiger partial charge in [0, 0.05) is 24.2 Å². The number of imidazole rings is 1. The summed E-state index contributed by atoms with van der Waals surface area (Å²) in [7, 11) is 0. The molecule has 0 amide bonds. The maximum absolute atomic E-state index is 9.92. The van der Waals surface area contributed by atoms with E-state index in [-0.39, 0.29) is 24.9 Å². The number of aromatic nitrogens is 5. The molecule has 6 heterocycles. The molecule has 0 spiro atoms. The Bertz CT molecular complexity index is 1390. The van der Waals surface area contributed by atoms with Crippen LogP contribution in [0.5, 0.6) is 6.01 Å². The first-order valence-electron chi connectivity index (χ1n) is 11.2. The van der Waals surface area contributed by atoms with Crippen LogP contribution in [-0.4, -0.2) is 67.5 Å². The monoisotopic (exact) mass is 480 g/mol. The lowest BCUT2D eigenvalue weighted by Gasteiger charge is -2.15. The summed E-state index contributed by atoms with van der Waals surface area (Å²) < 4.78 is 19.2. The van der Waals surface area contributed by atoms with Crippen molar-refractivity contribution in [2.45, 2.75) is 37.5 Å². The highest BCUT2D eigenvalue weighted by atomic mass is 35.5. The standard InChI is InChI=1S/C23H21ClN6O4/c24-14-5-15-22(29-23(27-15)34-18-10-33-20-17(31)9-32-21(18)20)28-19(14)11-1-3-13(4-2-11)30-16-8-25-6-12(16)7-26-30/h1-5,7,17-18,20-21,25,31H,6,8-10H2,(H,27,28,29)/t17-,18-,20-,21-/m1/s1. The van der Waals surface area contributed by atoms with Crippen molar-refractivity contribution in [1.29, 1.82) is 0 Å². The molecule has 0 unspecified atom stereocenters. The van der Waals surface area contributed by atoms with Crippen molar-refractivity contribution >= 4 is 22.8 Å². The Labute approximate surface area is 198 Å². The predicted molar refractivity (Wildman–Crippen MR) is 122 cm³/mol. The highest BCUT2D eigenvalue weighted by molar-refractivity contribution is 6.33. The van der Waals surface area contributed by atoms with Crippen LogP contribution in [0.15, 0.2) is 36.5 Å². The summed E-state index contributed by atoms with van der Waals surface area (Å²) in [4.78, 5) is 12.3. The molecule has 10 nitrogen and oxygen atoms in total. The zero-order chi connectivity index (χ0) is 22.8. The van der Waals surface area contributed by atoms with Crippen LogP contribution in [0.3, 0.4) is 0 Å². The predicted octanol–water partition coefficient (Wildman–Crippen LogP) is 1.97. The van der Waals surface area contributed by atoms with Crippen LogP contribution in [0.4, 0.5) is 0 Å². The minimum atomic E-state index is -0.630. The second-order valence-corrected chi connectivity index (χ2v) is 9.14. The number of halogens is 1. The number of fused-ring (bicyclic) bond motifs is 3. The molecule has 0 radical (unpaired) electrons. The van der Waals surface area contributed by atoms with Crippen LogP contribution < -0.4 is 10.1 Å². The number of aromatic amines is 1. The van der Waals surface area contributed by atoms with Gasteiger partial charge < -0.3 is 29.6 Å². The van der Waals surface area contributed by atoms with Gasteiger partial charge >= 0.3 is 0 Å². The van der Waals surface area contributed by atoms with Crippen molar-refractivity contribution in [3.05, 3.63) is 52.8 Å². The summed E-state index contributed by atoms with van der Waals surface area (Å²) in [5.74, 6) is 0. The molecule has 7 rings (SSSR count). The molecule has 4 atom stereocenters. The molecular weight excluding hydrogens is 460 g/mol. The third-order valence-electron chi connectivity index (χ3n) is 6.60. The number of hydrogen-bond donors (Lipinski definition) is 3. The van der Waals surface area contributed by atoms with Gasteiger partial charge in [-0.3, -0.25) is 0 Å². The van der Waals surface area contributed by atoms with Gasteiger partial charge in [-0.1, -0.05) is 23.7 Å². The molecule has 174 valence electrons. The summed E-state index contributed by atoms with van der Waals surface area (Å²) >= 11 is 6.58. The van der Waals surface area contributed by atoms with E-state index < -0.39 is 6.10 Å². The van der Waals surface area contributed by atoms with E-state index in [9.17, 15) is 5.11 Å². The molecule has 0 aliphatic carbocycles. The zero-order valence-electron chi connectivity index (χ0n) is 17.9. The van der Waals surface area contributed by atoms with Gasteiger partial charge in [-0.15, -0.1) is 0 Å². The third kappa shape index (κ3) is 3.22. The van der Waals surface area contributed by atoms with Crippen LogP contribution in [0.1, 0.15) is 11.3 Å².